The smallest absolute Gasteiger partial charge is 0.323 e. The number of carbonyl (C=O) groups excluding carboxylic acids is 1. The summed E-state index contributed by atoms with van der Waals surface area (Å²) >= 11 is 0. The van der Waals surface area contributed by atoms with Crippen LogP contribution in [0.2, 0.25) is 0 Å². The molecule has 0 bridgehead atoms. The van der Waals surface area contributed by atoms with Crippen molar-refractivity contribution in [3.05, 3.63) is 23.8 Å². The molecular weight excluding hydrogens is 280 g/mol. The average molecular weight is 298 g/mol. The van der Waals surface area contributed by atoms with Gasteiger partial charge in [0.2, 0.25) is 10.0 Å². The molecule has 2 rings (SSSR count). The van der Waals surface area contributed by atoms with Crippen LogP contribution in [-0.4, -0.2) is 32.8 Å². The predicted molar refractivity (Wildman–Crippen MR) is 76.9 cm³/mol. The highest BCUT2D eigenvalue weighted by Gasteiger charge is 2.36. The molecule has 1 atom stereocenters. The van der Waals surface area contributed by atoms with Gasteiger partial charge in [0.05, 0.1) is 12.3 Å². The molecule has 0 radical (unpaired) electrons. The number of carbonyl (C=O) groups is 1. The molecule has 1 aromatic carbocycles. The standard InChI is InChI=1S/C13H18N2O4S/c1-3-19-13(16)8-20(17,18)15-9(2)6-10-7-11(14)4-5-12(10)15/h4-5,7,9H,3,6,8,14H2,1-2H3. The van der Waals surface area contributed by atoms with E-state index in [1.165, 1.54) is 4.31 Å². The van der Waals surface area contributed by atoms with E-state index >= 15 is 0 Å². The van der Waals surface area contributed by atoms with E-state index in [2.05, 4.69) is 0 Å². The largest absolute Gasteiger partial charge is 0.465 e. The Morgan fingerprint density at radius 2 is 2.20 bits per heavy atom. The fourth-order valence-corrected chi connectivity index (χ4v) is 4.09. The number of hydrogen-bond donors (Lipinski definition) is 1. The highest BCUT2D eigenvalue weighted by molar-refractivity contribution is 7.93. The van der Waals surface area contributed by atoms with E-state index in [1.54, 1.807) is 32.0 Å². The van der Waals surface area contributed by atoms with E-state index in [0.717, 1.165) is 5.56 Å². The monoisotopic (exact) mass is 298 g/mol. The molecule has 1 heterocycles. The highest BCUT2D eigenvalue weighted by Crippen LogP contribution is 2.35. The van der Waals surface area contributed by atoms with Crippen molar-refractivity contribution in [2.75, 3.05) is 22.4 Å². The number of benzene rings is 1. The normalized spacial score (nSPS) is 17.9. The number of esters is 1. The van der Waals surface area contributed by atoms with Crippen LogP contribution in [-0.2, 0) is 26.0 Å². The van der Waals surface area contributed by atoms with Crippen LogP contribution < -0.4 is 10.0 Å². The molecule has 0 fully saturated rings. The van der Waals surface area contributed by atoms with E-state index in [-0.39, 0.29) is 12.6 Å². The van der Waals surface area contributed by atoms with Gasteiger partial charge in [-0.1, -0.05) is 0 Å². The minimum Gasteiger partial charge on any atom is -0.465 e. The lowest BCUT2D eigenvalue weighted by atomic mass is 10.1. The van der Waals surface area contributed by atoms with Crippen LogP contribution in [0, 0.1) is 0 Å². The van der Waals surface area contributed by atoms with Crippen LogP contribution in [0.3, 0.4) is 0 Å². The van der Waals surface area contributed by atoms with Crippen molar-refractivity contribution in [2.45, 2.75) is 26.3 Å². The second-order valence-corrected chi connectivity index (χ2v) is 6.64. The zero-order chi connectivity index (χ0) is 14.9. The van der Waals surface area contributed by atoms with Crippen LogP contribution in [0.15, 0.2) is 18.2 Å². The number of fused-ring (bicyclic) bond motifs is 1. The van der Waals surface area contributed by atoms with Crippen LogP contribution in [0.25, 0.3) is 0 Å². The van der Waals surface area contributed by atoms with Crippen LogP contribution in [0.1, 0.15) is 19.4 Å². The fourth-order valence-electron chi connectivity index (χ4n) is 2.47. The number of hydrogen-bond acceptors (Lipinski definition) is 5. The molecule has 0 saturated carbocycles. The van der Waals surface area contributed by atoms with E-state index < -0.39 is 21.7 Å². The third-order valence-electron chi connectivity index (χ3n) is 3.16. The van der Waals surface area contributed by atoms with Crippen molar-refractivity contribution in [3.8, 4) is 0 Å². The van der Waals surface area contributed by atoms with Gasteiger partial charge in [0, 0.05) is 11.7 Å². The predicted octanol–water partition coefficient (Wildman–Crippen LogP) is 0.913. The molecule has 0 aliphatic carbocycles. The fraction of sp³-hybridized carbons (Fsp3) is 0.462. The molecular formula is C13H18N2O4S. The third-order valence-corrected chi connectivity index (χ3v) is 4.92. The number of nitrogens with two attached hydrogens (primary N) is 1. The third kappa shape index (κ3) is 2.72. The van der Waals surface area contributed by atoms with Gasteiger partial charge >= 0.3 is 5.97 Å². The maximum absolute atomic E-state index is 12.4. The molecule has 0 saturated heterocycles. The Morgan fingerprint density at radius 3 is 2.85 bits per heavy atom. The molecule has 2 N–H and O–H groups in total. The Morgan fingerprint density at radius 1 is 1.50 bits per heavy atom. The summed E-state index contributed by atoms with van der Waals surface area (Å²) in [7, 11) is -3.74. The molecule has 1 aromatic rings. The summed E-state index contributed by atoms with van der Waals surface area (Å²) in [6, 6.07) is 4.87. The molecule has 7 heteroatoms. The number of nitrogens with zero attached hydrogens (tertiary/aromatic N) is 1. The SMILES string of the molecule is CCOC(=O)CS(=O)(=O)N1c2ccc(N)cc2CC1C. The Kier molecular flexibility index (Phi) is 3.89. The number of anilines is 2. The summed E-state index contributed by atoms with van der Waals surface area (Å²) < 4.78 is 30.7. The highest BCUT2D eigenvalue weighted by atomic mass is 32.2. The maximum atomic E-state index is 12.4. The van der Waals surface area contributed by atoms with Gasteiger partial charge in [-0.05, 0) is 44.0 Å². The van der Waals surface area contributed by atoms with Crippen molar-refractivity contribution in [2.24, 2.45) is 0 Å². The first-order valence-corrected chi connectivity index (χ1v) is 8.02. The zero-order valence-corrected chi connectivity index (χ0v) is 12.3. The summed E-state index contributed by atoms with van der Waals surface area (Å²) in [6.07, 6.45) is 0.586. The minimum absolute atomic E-state index is 0.164. The van der Waals surface area contributed by atoms with Gasteiger partial charge in [-0.25, -0.2) is 8.42 Å². The molecule has 0 spiro atoms. The molecule has 20 heavy (non-hydrogen) atoms. The number of ether oxygens (including phenoxy) is 1. The van der Waals surface area contributed by atoms with Gasteiger partial charge in [0.25, 0.3) is 0 Å². The van der Waals surface area contributed by atoms with Gasteiger partial charge in [-0.15, -0.1) is 0 Å². The first-order chi connectivity index (χ1) is 9.35. The van der Waals surface area contributed by atoms with Crippen molar-refractivity contribution in [3.63, 3.8) is 0 Å². The first kappa shape index (κ1) is 14.6. The Hall–Kier alpha value is -1.76. The van der Waals surface area contributed by atoms with E-state index in [4.69, 9.17) is 10.5 Å². The molecule has 0 aromatic heterocycles. The minimum atomic E-state index is -3.74. The molecule has 1 aliphatic rings. The lowest BCUT2D eigenvalue weighted by Crippen LogP contribution is -2.39. The van der Waals surface area contributed by atoms with Crippen LogP contribution in [0.4, 0.5) is 11.4 Å². The van der Waals surface area contributed by atoms with E-state index in [0.29, 0.717) is 17.8 Å². The Balaban J connectivity index is 2.31. The van der Waals surface area contributed by atoms with Crippen molar-refractivity contribution in [1.82, 2.24) is 0 Å². The number of nitrogen functional groups attached to an aromatic ring is 1. The van der Waals surface area contributed by atoms with Gasteiger partial charge in [0.1, 0.15) is 0 Å². The molecule has 6 nitrogen and oxygen atoms in total. The van der Waals surface area contributed by atoms with Crippen molar-refractivity contribution >= 4 is 27.4 Å². The zero-order valence-electron chi connectivity index (χ0n) is 11.5. The van der Waals surface area contributed by atoms with Gasteiger partial charge in [0.15, 0.2) is 5.75 Å². The summed E-state index contributed by atoms with van der Waals surface area (Å²) in [6.45, 7) is 3.61. The van der Waals surface area contributed by atoms with E-state index in [1.807, 2.05) is 0 Å². The lowest BCUT2D eigenvalue weighted by molar-refractivity contribution is -0.139. The molecule has 1 aliphatic heterocycles. The molecule has 110 valence electrons. The summed E-state index contributed by atoms with van der Waals surface area (Å²) in [5.74, 6) is -1.38. The summed E-state index contributed by atoms with van der Waals surface area (Å²) in [5, 5.41) is 0. The van der Waals surface area contributed by atoms with Crippen LogP contribution in [0.5, 0.6) is 0 Å². The van der Waals surface area contributed by atoms with Gasteiger partial charge in [-0.3, -0.25) is 9.10 Å². The van der Waals surface area contributed by atoms with E-state index in [9.17, 15) is 13.2 Å². The van der Waals surface area contributed by atoms with Gasteiger partial charge < -0.3 is 10.5 Å². The Labute approximate surface area is 118 Å². The van der Waals surface area contributed by atoms with Gasteiger partial charge in [-0.2, -0.15) is 0 Å². The summed E-state index contributed by atoms with van der Waals surface area (Å²) in [5.41, 5.74) is 7.78. The second-order valence-electron chi connectivity index (χ2n) is 4.80. The van der Waals surface area contributed by atoms with Crippen LogP contribution >= 0.6 is 0 Å². The number of rotatable bonds is 4. The van der Waals surface area contributed by atoms with Crippen molar-refractivity contribution in [1.29, 1.82) is 0 Å². The number of sulfonamides is 1. The second kappa shape index (κ2) is 5.32. The van der Waals surface area contributed by atoms with Crippen molar-refractivity contribution < 1.29 is 17.9 Å². The lowest BCUT2D eigenvalue weighted by Gasteiger charge is -2.23. The Bertz CT molecular complexity index is 627. The quantitative estimate of drug-likeness (QED) is 0.659. The summed E-state index contributed by atoms with van der Waals surface area (Å²) in [4.78, 5) is 11.4. The first-order valence-electron chi connectivity index (χ1n) is 6.41. The topological polar surface area (TPSA) is 89.7 Å². The molecule has 1 unspecified atom stereocenters. The molecule has 0 amide bonds. The maximum Gasteiger partial charge on any atom is 0.323 e. The average Bonchev–Trinajstić information content (AvgIpc) is 2.64.